The molecular weight excluding hydrogens is 148 g/mol. The maximum Gasteiger partial charge on any atom is 2.00 e. The third-order valence-corrected chi connectivity index (χ3v) is 1.15. The molecule has 0 spiro atoms. The molecule has 0 aliphatic carbocycles. The summed E-state index contributed by atoms with van der Waals surface area (Å²) in [5.41, 5.74) is -0.0278. The van der Waals surface area contributed by atoms with Crippen molar-refractivity contribution >= 4 is 23.1 Å². The van der Waals surface area contributed by atoms with Gasteiger partial charge >= 0.3 is 23.1 Å². The van der Waals surface area contributed by atoms with Crippen LogP contribution in [0.5, 0.6) is 0 Å². The van der Waals surface area contributed by atoms with Crippen LogP contribution in [0.25, 0.3) is 0 Å². The van der Waals surface area contributed by atoms with Gasteiger partial charge in [-0.3, -0.25) is 0 Å². The molecule has 9 heavy (non-hydrogen) atoms. The summed E-state index contributed by atoms with van der Waals surface area (Å²) in [7, 11) is 1.70. The quantitative estimate of drug-likeness (QED) is 0.345. The van der Waals surface area contributed by atoms with Crippen molar-refractivity contribution in [3.63, 3.8) is 0 Å². The Morgan fingerprint density at radius 2 is 1.78 bits per heavy atom. The maximum absolute atomic E-state index is 5.02. The Morgan fingerprint density at radius 3 is 1.78 bits per heavy atom. The van der Waals surface area contributed by atoms with Gasteiger partial charge in [0.1, 0.15) is 0 Å². The number of methoxy groups -OCH3 is 1. The Morgan fingerprint density at radius 1 is 1.44 bits per heavy atom. The molecule has 0 unspecified atom stereocenters. The summed E-state index contributed by atoms with van der Waals surface area (Å²) in [5.74, 6) is 0. The van der Waals surface area contributed by atoms with Gasteiger partial charge in [0.05, 0.1) is 0 Å². The molecular formula is C6H13ClMgO. The van der Waals surface area contributed by atoms with Gasteiger partial charge in [-0.15, -0.1) is 0 Å². The normalized spacial score (nSPS) is 9.33. The molecule has 0 heterocycles. The van der Waals surface area contributed by atoms with E-state index in [0.29, 0.717) is 0 Å². The molecule has 0 rings (SSSR count). The molecule has 0 saturated heterocycles. The molecule has 0 aliphatic heterocycles. The number of hydrogen-bond donors (Lipinski definition) is 0. The van der Waals surface area contributed by atoms with E-state index >= 15 is 0 Å². The SMILES string of the molecule is [CH2-]CC(C)(C)OC.[Cl-].[Mg+2]. The molecule has 0 aliphatic rings. The molecule has 0 aromatic heterocycles. The fourth-order valence-electron chi connectivity index (χ4n) is 0.102. The topological polar surface area (TPSA) is 9.23 Å². The minimum Gasteiger partial charge on any atom is -1.00 e. The third kappa shape index (κ3) is 9.02. The summed E-state index contributed by atoms with van der Waals surface area (Å²) >= 11 is 0. The zero-order valence-electron chi connectivity index (χ0n) is 6.41. The van der Waals surface area contributed by atoms with E-state index in [1.54, 1.807) is 7.11 Å². The Hall–Kier alpha value is 1.02. The second-order valence-electron chi connectivity index (χ2n) is 2.21. The molecule has 0 radical (unpaired) electrons. The molecule has 1 nitrogen and oxygen atoms in total. The van der Waals surface area contributed by atoms with Crippen molar-refractivity contribution < 1.29 is 17.1 Å². The van der Waals surface area contributed by atoms with E-state index in [4.69, 9.17) is 4.74 Å². The first-order valence-electron chi connectivity index (χ1n) is 2.47. The van der Waals surface area contributed by atoms with E-state index in [9.17, 15) is 0 Å². The number of hydrogen-bond acceptors (Lipinski definition) is 1. The molecule has 0 aromatic rings. The molecule has 0 aromatic carbocycles. The van der Waals surface area contributed by atoms with E-state index in [0.717, 1.165) is 6.42 Å². The molecule has 0 atom stereocenters. The average Bonchev–Trinajstić information content (AvgIpc) is 1.68. The van der Waals surface area contributed by atoms with Crippen molar-refractivity contribution in [2.24, 2.45) is 0 Å². The first-order valence-corrected chi connectivity index (χ1v) is 2.47. The van der Waals surface area contributed by atoms with Gasteiger partial charge in [-0.1, -0.05) is 0 Å². The van der Waals surface area contributed by atoms with E-state index < -0.39 is 0 Å². The molecule has 0 saturated carbocycles. The van der Waals surface area contributed by atoms with Crippen molar-refractivity contribution in [1.29, 1.82) is 0 Å². The maximum atomic E-state index is 5.02. The Labute approximate surface area is 80.1 Å². The van der Waals surface area contributed by atoms with Gasteiger partial charge in [0.15, 0.2) is 0 Å². The average molecular weight is 161 g/mol. The smallest absolute Gasteiger partial charge is 1.00 e. The van der Waals surface area contributed by atoms with Gasteiger partial charge < -0.3 is 24.1 Å². The summed E-state index contributed by atoms with van der Waals surface area (Å²) in [6.07, 6.45) is 0.823. The summed E-state index contributed by atoms with van der Waals surface area (Å²) in [5, 5.41) is 0. The van der Waals surface area contributed by atoms with Crippen LogP contribution in [0.3, 0.4) is 0 Å². The second kappa shape index (κ2) is 7.13. The predicted octanol–water partition coefficient (Wildman–Crippen LogP) is -1.74. The minimum absolute atomic E-state index is 0. The van der Waals surface area contributed by atoms with Crippen LogP contribution in [0.4, 0.5) is 0 Å². The Bertz CT molecular complexity index is 51.0. The number of halogens is 1. The van der Waals surface area contributed by atoms with Crippen LogP contribution in [-0.2, 0) is 4.74 Å². The summed E-state index contributed by atoms with van der Waals surface area (Å²) < 4.78 is 5.02. The van der Waals surface area contributed by atoms with Crippen LogP contribution in [0.2, 0.25) is 0 Å². The zero-order valence-corrected chi connectivity index (χ0v) is 8.58. The van der Waals surface area contributed by atoms with Crippen molar-refractivity contribution in [2.45, 2.75) is 25.9 Å². The van der Waals surface area contributed by atoms with Crippen LogP contribution in [0.1, 0.15) is 20.3 Å². The van der Waals surface area contributed by atoms with Crippen LogP contribution in [-0.4, -0.2) is 35.8 Å². The first kappa shape index (κ1) is 16.5. The van der Waals surface area contributed by atoms with E-state index in [1.165, 1.54) is 0 Å². The molecule has 0 fully saturated rings. The number of ether oxygens (including phenoxy) is 1. The molecule has 0 N–H and O–H groups in total. The Kier molecular flexibility index (Phi) is 13.1. The summed E-state index contributed by atoms with van der Waals surface area (Å²) in [4.78, 5) is 0. The predicted molar refractivity (Wildman–Crippen MR) is 36.8 cm³/mol. The van der Waals surface area contributed by atoms with Gasteiger partial charge in [-0.25, -0.2) is 0 Å². The van der Waals surface area contributed by atoms with E-state index in [1.807, 2.05) is 13.8 Å². The monoisotopic (exact) mass is 160 g/mol. The van der Waals surface area contributed by atoms with Gasteiger partial charge in [0.25, 0.3) is 0 Å². The van der Waals surface area contributed by atoms with Crippen molar-refractivity contribution in [3.8, 4) is 0 Å². The number of rotatable bonds is 2. The van der Waals surface area contributed by atoms with Crippen LogP contribution in [0.15, 0.2) is 0 Å². The van der Waals surface area contributed by atoms with Crippen LogP contribution in [0, 0.1) is 6.92 Å². The van der Waals surface area contributed by atoms with Gasteiger partial charge in [-0.05, 0) is 13.8 Å². The summed E-state index contributed by atoms with van der Waals surface area (Å²) in [6.45, 7) is 7.73. The fraction of sp³-hybridized carbons (Fsp3) is 0.833. The standard InChI is InChI=1S/C6H13O.ClH.Mg/c1-5-6(2,3)7-4;;/h1,5H2,2-4H3;1H;/q-1;;+2/p-1. The summed E-state index contributed by atoms with van der Waals surface area (Å²) in [6, 6.07) is 0. The van der Waals surface area contributed by atoms with Crippen molar-refractivity contribution in [2.75, 3.05) is 7.11 Å². The minimum atomic E-state index is -0.0278. The molecule has 52 valence electrons. The molecule has 0 bridgehead atoms. The van der Waals surface area contributed by atoms with Crippen molar-refractivity contribution in [1.82, 2.24) is 0 Å². The second-order valence-corrected chi connectivity index (χ2v) is 2.21. The van der Waals surface area contributed by atoms with Crippen LogP contribution < -0.4 is 12.4 Å². The van der Waals surface area contributed by atoms with Crippen LogP contribution >= 0.6 is 0 Å². The Balaban J connectivity index is -0.000000180. The third-order valence-electron chi connectivity index (χ3n) is 1.15. The van der Waals surface area contributed by atoms with Gasteiger partial charge in [0, 0.05) is 12.7 Å². The largest absolute Gasteiger partial charge is 2.00 e. The first-order chi connectivity index (χ1) is 3.12. The molecule has 3 heteroatoms. The fourth-order valence-corrected chi connectivity index (χ4v) is 0.102. The van der Waals surface area contributed by atoms with Gasteiger partial charge in [-0.2, -0.15) is 6.42 Å². The van der Waals surface area contributed by atoms with E-state index in [2.05, 4.69) is 6.92 Å². The van der Waals surface area contributed by atoms with E-state index in [-0.39, 0.29) is 41.1 Å². The zero-order chi connectivity index (χ0) is 5.91. The van der Waals surface area contributed by atoms with Gasteiger partial charge in [0.2, 0.25) is 0 Å². The van der Waals surface area contributed by atoms with Crippen molar-refractivity contribution in [3.05, 3.63) is 6.92 Å². The molecule has 0 amide bonds.